The monoisotopic (exact) mass is 313 g/mol. The minimum Gasteiger partial charge on any atom is -0.323 e. The Bertz CT molecular complexity index is 737. The normalized spacial score (nSPS) is 9.91. The molecule has 2 aromatic rings. The predicted octanol–water partition coefficient (Wildman–Crippen LogP) is 4.18. The van der Waals surface area contributed by atoms with Gasteiger partial charge in [0, 0.05) is 24.3 Å². The van der Waals surface area contributed by atoms with Crippen LogP contribution < -0.4 is 5.32 Å². The molecule has 0 unspecified atom stereocenters. The van der Waals surface area contributed by atoms with E-state index in [2.05, 4.69) is 11.4 Å². The molecule has 0 heterocycles. The van der Waals surface area contributed by atoms with E-state index in [0.717, 1.165) is 11.1 Å². The SMILES string of the molecule is Cc1ccc(NC(=O)N(C)Cc2cccc(C#N)c2)cc1Cl. The second-order valence-electron chi connectivity index (χ2n) is 5.06. The fourth-order valence-corrected chi connectivity index (χ4v) is 2.15. The first-order chi connectivity index (χ1) is 10.5. The number of aryl methyl sites for hydroxylation is 1. The summed E-state index contributed by atoms with van der Waals surface area (Å²) in [6, 6.07) is 14.4. The second-order valence-corrected chi connectivity index (χ2v) is 5.47. The molecular formula is C17H16ClN3O. The van der Waals surface area contributed by atoms with Gasteiger partial charge in [-0.15, -0.1) is 0 Å². The van der Waals surface area contributed by atoms with Crippen molar-refractivity contribution in [2.75, 3.05) is 12.4 Å². The Morgan fingerprint density at radius 3 is 2.77 bits per heavy atom. The van der Waals surface area contributed by atoms with Gasteiger partial charge in [-0.05, 0) is 42.3 Å². The van der Waals surface area contributed by atoms with Gasteiger partial charge >= 0.3 is 6.03 Å². The molecule has 112 valence electrons. The molecule has 1 N–H and O–H groups in total. The van der Waals surface area contributed by atoms with E-state index in [1.54, 1.807) is 36.2 Å². The molecule has 2 aromatic carbocycles. The Balaban J connectivity index is 2.02. The number of hydrogen-bond acceptors (Lipinski definition) is 2. The maximum Gasteiger partial charge on any atom is 0.321 e. The molecule has 4 nitrogen and oxygen atoms in total. The lowest BCUT2D eigenvalue weighted by molar-refractivity contribution is 0.220. The van der Waals surface area contributed by atoms with Crippen molar-refractivity contribution in [3.05, 3.63) is 64.2 Å². The lowest BCUT2D eigenvalue weighted by atomic mass is 10.1. The highest BCUT2D eigenvalue weighted by Gasteiger charge is 2.10. The van der Waals surface area contributed by atoms with Crippen LogP contribution in [0.2, 0.25) is 5.02 Å². The molecule has 0 spiro atoms. The van der Waals surface area contributed by atoms with Crippen molar-refractivity contribution in [1.82, 2.24) is 4.90 Å². The third-order valence-electron chi connectivity index (χ3n) is 3.25. The molecule has 0 aliphatic rings. The third kappa shape index (κ3) is 4.00. The molecule has 0 saturated carbocycles. The van der Waals surface area contributed by atoms with Crippen LogP contribution in [0.15, 0.2) is 42.5 Å². The lowest BCUT2D eigenvalue weighted by Crippen LogP contribution is -2.30. The molecule has 0 bridgehead atoms. The van der Waals surface area contributed by atoms with Crippen molar-refractivity contribution >= 4 is 23.3 Å². The summed E-state index contributed by atoms with van der Waals surface area (Å²) in [5.74, 6) is 0. The third-order valence-corrected chi connectivity index (χ3v) is 3.65. The first kappa shape index (κ1) is 15.9. The van der Waals surface area contributed by atoms with Crippen LogP contribution in [0, 0.1) is 18.3 Å². The molecule has 2 amide bonds. The van der Waals surface area contributed by atoms with Crippen molar-refractivity contribution in [3.63, 3.8) is 0 Å². The highest BCUT2D eigenvalue weighted by Crippen LogP contribution is 2.20. The standard InChI is InChI=1S/C17H16ClN3O/c1-12-6-7-15(9-16(12)18)20-17(22)21(2)11-14-5-3-4-13(8-14)10-19/h3-9H,11H2,1-2H3,(H,20,22). The molecule has 0 aliphatic carbocycles. The summed E-state index contributed by atoms with van der Waals surface area (Å²) in [5, 5.41) is 12.3. The van der Waals surface area contributed by atoms with Gasteiger partial charge in [-0.3, -0.25) is 0 Å². The van der Waals surface area contributed by atoms with Crippen LogP contribution in [-0.4, -0.2) is 18.0 Å². The number of rotatable bonds is 3. The first-order valence-corrected chi connectivity index (χ1v) is 7.14. The summed E-state index contributed by atoms with van der Waals surface area (Å²) in [4.78, 5) is 13.7. The number of carbonyl (C=O) groups excluding carboxylic acids is 1. The van der Waals surface area contributed by atoms with E-state index >= 15 is 0 Å². The van der Waals surface area contributed by atoms with E-state index in [4.69, 9.17) is 16.9 Å². The van der Waals surface area contributed by atoms with Gasteiger partial charge in [0.1, 0.15) is 0 Å². The molecule has 0 saturated heterocycles. The zero-order chi connectivity index (χ0) is 16.1. The number of benzene rings is 2. The topological polar surface area (TPSA) is 56.1 Å². The van der Waals surface area contributed by atoms with E-state index in [1.807, 2.05) is 25.1 Å². The fourth-order valence-electron chi connectivity index (χ4n) is 1.97. The molecule has 0 fully saturated rings. The average molecular weight is 314 g/mol. The Morgan fingerprint density at radius 1 is 1.32 bits per heavy atom. The van der Waals surface area contributed by atoms with E-state index in [0.29, 0.717) is 22.8 Å². The number of urea groups is 1. The van der Waals surface area contributed by atoms with Crippen molar-refractivity contribution in [2.24, 2.45) is 0 Å². The van der Waals surface area contributed by atoms with Gasteiger partial charge in [0.25, 0.3) is 0 Å². The van der Waals surface area contributed by atoms with E-state index in [-0.39, 0.29) is 6.03 Å². The average Bonchev–Trinajstić information content (AvgIpc) is 2.51. The fraction of sp³-hybridized carbons (Fsp3) is 0.176. The molecule has 0 radical (unpaired) electrons. The van der Waals surface area contributed by atoms with Crippen molar-refractivity contribution in [2.45, 2.75) is 13.5 Å². The number of carbonyl (C=O) groups is 1. The number of nitrogens with zero attached hydrogens (tertiary/aromatic N) is 2. The van der Waals surface area contributed by atoms with Crippen LogP contribution in [0.25, 0.3) is 0 Å². The van der Waals surface area contributed by atoms with Gasteiger partial charge < -0.3 is 10.2 Å². The summed E-state index contributed by atoms with van der Waals surface area (Å²) in [6.45, 7) is 2.32. The maximum atomic E-state index is 12.2. The molecular weight excluding hydrogens is 298 g/mol. The highest BCUT2D eigenvalue weighted by molar-refractivity contribution is 6.31. The van der Waals surface area contributed by atoms with Crippen LogP contribution in [0.3, 0.4) is 0 Å². The van der Waals surface area contributed by atoms with E-state index < -0.39 is 0 Å². The van der Waals surface area contributed by atoms with E-state index in [9.17, 15) is 4.79 Å². The quantitative estimate of drug-likeness (QED) is 0.924. The number of nitrogens with one attached hydrogen (secondary N) is 1. The molecule has 0 aliphatic heterocycles. The highest BCUT2D eigenvalue weighted by atomic mass is 35.5. The summed E-state index contributed by atoms with van der Waals surface area (Å²) in [5.41, 5.74) is 3.09. The smallest absolute Gasteiger partial charge is 0.321 e. The Morgan fingerprint density at radius 2 is 2.09 bits per heavy atom. The first-order valence-electron chi connectivity index (χ1n) is 6.77. The summed E-state index contributed by atoms with van der Waals surface area (Å²) in [7, 11) is 1.70. The van der Waals surface area contributed by atoms with E-state index in [1.165, 1.54) is 0 Å². The zero-order valence-corrected chi connectivity index (χ0v) is 13.2. The minimum atomic E-state index is -0.234. The Labute approximate surface area is 134 Å². The van der Waals surface area contributed by atoms with Gasteiger partial charge in [0.15, 0.2) is 0 Å². The summed E-state index contributed by atoms with van der Waals surface area (Å²) in [6.07, 6.45) is 0. The van der Waals surface area contributed by atoms with Gasteiger partial charge in [0.2, 0.25) is 0 Å². The number of nitriles is 1. The van der Waals surface area contributed by atoms with Crippen LogP contribution in [0.5, 0.6) is 0 Å². The molecule has 5 heteroatoms. The zero-order valence-electron chi connectivity index (χ0n) is 12.4. The lowest BCUT2D eigenvalue weighted by Gasteiger charge is -2.18. The summed E-state index contributed by atoms with van der Waals surface area (Å²) < 4.78 is 0. The summed E-state index contributed by atoms with van der Waals surface area (Å²) >= 11 is 6.04. The molecule has 2 rings (SSSR count). The van der Waals surface area contributed by atoms with Crippen LogP contribution in [-0.2, 0) is 6.54 Å². The van der Waals surface area contributed by atoms with Crippen molar-refractivity contribution in [1.29, 1.82) is 5.26 Å². The van der Waals surface area contributed by atoms with Crippen LogP contribution >= 0.6 is 11.6 Å². The molecule has 0 aromatic heterocycles. The van der Waals surface area contributed by atoms with Crippen molar-refractivity contribution < 1.29 is 4.79 Å². The van der Waals surface area contributed by atoms with Gasteiger partial charge in [-0.2, -0.15) is 5.26 Å². The van der Waals surface area contributed by atoms with Crippen molar-refractivity contribution in [3.8, 4) is 6.07 Å². The molecule has 0 atom stereocenters. The van der Waals surface area contributed by atoms with Crippen LogP contribution in [0.4, 0.5) is 10.5 Å². The number of halogens is 1. The maximum absolute atomic E-state index is 12.2. The number of anilines is 1. The second kappa shape index (κ2) is 6.97. The van der Waals surface area contributed by atoms with Gasteiger partial charge in [0.05, 0.1) is 11.6 Å². The number of hydrogen-bond donors (Lipinski definition) is 1. The molecule has 22 heavy (non-hydrogen) atoms. The largest absolute Gasteiger partial charge is 0.323 e. The van der Waals surface area contributed by atoms with Gasteiger partial charge in [-0.25, -0.2) is 4.79 Å². The Kier molecular flexibility index (Phi) is 5.03. The predicted molar refractivity (Wildman–Crippen MR) is 87.8 cm³/mol. The minimum absolute atomic E-state index is 0.234. The van der Waals surface area contributed by atoms with Gasteiger partial charge in [-0.1, -0.05) is 29.8 Å². The van der Waals surface area contributed by atoms with Crippen LogP contribution in [0.1, 0.15) is 16.7 Å². The Hall–Kier alpha value is -2.51. The number of amides is 2.